The second-order valence-corrected chi connectivity index (χ2v) is 5.31. The first kappa shape index (κ1) is 11.5. The monoisotopic (exact) mass is 240 g/mol. The van der Waals surface area contributed by atoms with Crippen molar-refractivity contribution in [3.05, 3.63) is 0 Å². The number of hydrogen-bond donors (Lipinski definition) is 0. The summed E-state index contributed by atoms with van der Waals surface area (Å²) in [5.74, 6) is 0.0821. The molecule has 0 bridgehead atoms. The van der Waals surface area contributed by atoms with Gasteiger partial charge in [-0.25, -0.2) is 0 Å². The van der Waals surface area contributed by atoms with Gasteiger partial charge in [0.2, 0.25) is 0 Å². The molecule has 4 nitrogen and oxygen atoms in total. The molecule has 2 saturated heterocycles. The van der Waals surface area contributed by atoms with E-state index in [2.05, 4.69) is 0 Å². The van der Waals surface area contributed by atoms with Crippen molar-refractivity contribution in [1.82, 2.24) is 0 Å². The molecule has 2 aliphatic heterocycles. The summed E-state index contributed by atoms with van der Waals surface area (Å²) in [4.78, 5) is 12.0. The summed E-state index contributed by atoms with van der Waals surface area (Å²) >= 11 is 0. The molecule has 2 heterocycles. The van der Waals surface area contributed by atoms with Crippen LogP contribution in [0.3, 0.4) is 0 Å². The number of carbonyl (C=O) groups is 1. The fourth-order valence-corrected chi connectivity index (χ4v) is 3.11. The van der Waals surface area contributed by atoms with Crippen molar-refractivity contribution in [2.45, 2.75) is 56.8 Å². The molecule has 0 N–H and O–H groups in total. The maximum Gasteiger partial charge on any atom is 0.309 e. The zero-order valence-corrected chi connectivity index (χ0v) is 10.1. The summed E-state index contributed by atoms with van der Waals surface area (Å²) in [5.41, 5.74) is 0. The van der Waals surface area contributed by atoms with Gasteiger partial charge < -0.3 is 14.2 Å². The van der Waals surface area contributed by atoms with Crippen LogP contribution in [0.15, 0.2) is 0 Å². The normalized spacial score (nSPS) is 38.0. The maximum atomic E-state index is 12.0. The molecule has 0 aromatic carbocycles. The van der Waals surface area contributed by atoms with Crippen LogP contribution in [-0.2, 0) is 19.0 Å². The molecule has 4 heteroatoms. The van der Waals surface area contributed by atoms with Gasteiger partial charge in [-0.2, -0.15) is 0 Å². The molecule has 1 saturated carbocycles. The molecule has 17 heavy (non-hydrogen) atoms. The Morgan fingerprint density at radius 2 is 1.88 bits per heavy atom. The lowest BCUT2D eigenvalue weighted by Crippen LogP contribution is -2.34. The van der Waals surface area contributed by atoms with E-state index >= 15 is 0 Å². The Hall–Kier alpha value is -0.610. The third-order valence-electron chi connectivity index (χ3n) is 4.13. The molecule has 3 atom stereocenters. The van der Waals surface area contributed by atoms with E-state index in [1.165, 1.54) is 6.42 Å². The lowest BCUT2D eigenvalue weighted by atomic mass is 9.89. The van der Waals surface area contributed by atoms with Gasteiger partial charge in [-0.05, 0) is 19.3 Å². The van der Waals surface area contributed by atoms with Crippen molar-refractivity contribution in [3.63, 3.8) is 0 Å². The highest BCUT2D eigenvalue weighted by Gasteiger charge is 2.44. The van der Waals surface area contributed by atoms with E-state index in [-0.39, 0.29) is 30.2 Å². The van der Waals surface area contributed by atoms with E-state index in [1.807, 2.05) is 0 Å². The molecule has 3 fully saturated rings. The fraction of sp³-hybridized carbons (Fsp3) is 0.923. The maximum absolute atomic E-state index is 12.0. The van der Waals surface area contributed by atoms with Crippen LogP contribution in [0.1, 0.15) is 38.5 Å². The minimum absolute atomic E-state index is 0.0115. The molecule has 0 aromatic heterocycles. The van der Waals surface area contributed by atoms with Gasteiger partial charge in [-0.3, -0.25) is 4.79 Å². The third-order valence-corrected chi connectivity index (χ3v) is 4.13. The van der Waals surface area contributed by atoms with Crippen LogP contribution in [0, 0.1) is 5.92 Å². The van der Waals surface area contributed by atoms with Crippen molar-refractivity contribution in [2.75, 3.05) is 13.2 Å². The summed E-state index contributed by atoms with van der Waals surface area (Å²) < 4.78 is 16.7. The Morgan fingerprint density at radius 3 is 2.71 bits per heavy atom. The highest BCUT2D eigenvalue weighted by Crippen LogP contribution is 2.30. The van der Waals surface area contributed by atoms with E-state index in [0.717, 1.165) is 38.7 Å². The van der Waals surface area contributed by atoms with Crippen molar-refractivity contribution >= 4 is 5.97 Å². The summed E-state index contributed by atoms with van der Waals surface area (Å²) in [6.45, 7) is 1.24. The molecule has 0 spiro atoms. The van der Waals surface area contributed by atoms with Gasteiger partial charge in [0.05, 0.1) is 18.6 Å². The minimum atomic E-state index is -0.170. The average Bonchev–Trinajstić information content (AvgIpc) is 2.95. The van der Waals surface area contributed by atoms with Gasteiger partial charge >= 0.3 is 5.97 Å². The molecular weight excluding hydrogens is 220 g/mol. The molecule has 1 aliphatic carbocycles. The minimum Gasteiger partial charge on any atom is -0.457 e. The van der Waals surface area contributed by atoms with Crippen LogP contribution in [0.4, 0.5) is 0 Å². The molecule has 3 rings (SSSR count). The Morgan fingerprint density at radius 1 is 1.06 bits per heavy atom. The molecule has 96 valence electrons. The number of rotatable bonds is 2. The summed E-state index contributed by atoms with van der Waals surface area (Å²) in [6, 6.07) is 0. The van der Waals surface area contributed by atoms with Crippen LogP contribution < -0.4 is 0 Å². The standard InChI is InChI=1S/C13H20O4/c14-13(9-4-2-1-3-5-9)17-11-8-16-10-6-7-15-12(10)11/h9-12H,1-8H2. The van der Waals surface area contributed by atoms with Crippen molar-refractivity contribution in [3.8, 4) is 0 Å². The highest BCUT2D eigenvalue weighted by atomic mass is 16.6. The number of ether oxygens (including phenoxy) is 3. The fourth-order valence-electron chi connectivity index (χ4n) is 3.11. The van der Waals surface area contributed by atoms with Crippen LogP contribution in [-0.4, -0.2) is 37.5 Å². The number of esters is 1. The Labute approximate surface area is 102 Å². The predicted molar refractivity (Wildman–Crippen MR) is 60.6 cm³/mol. The highest BCUT2D eigenvalue weighted by molar-refractivity contribution is 5.72. The lowest BCUT2D eigenvalue weighted by molar-refractivity contribution is -0.159. The topological polar surface area (TPSA) is 44.8 Å². The van der Waals surface area contributed by atoms with Crippen LogP contribution in [0.25, 0.3) is 0 Å². The van der Waals surface area contributed by atoms with Crippen LogP contribution in [0.5, 0.6) is 0 Å². The number of hydrogen-bond acceptors (Lipinski definition) is 4. The van der Waals surface area contributed by atoms with E-state index in [0.29, 0.717) is 6.61 Å². The Bertz CT molecular complexity index is 285. The smallest absolute Gasteiger partial charge is 0.309 e. The average molecular weight is 240 g/mol. The number of fused-ring (bicyclic) bond motifs is 1. The molecule has 0 radical (unpaired) electrons. The molecule has 3 unspecified atom stereocenters. The molecule has 0 aromatic rings. The quantitative estimate of drug-likeness (QED) is 0.689. The second-order valence-electron chi connectivity index (χ2n) is 5.31. The van der Waals surface area contributed by atoms with Gasteiger partial charge in [0.25, 0.3) is 0 Å². The van der Waals surface area contributed by atoms with Crippen LogP contribution in [0.2, 0.25) is 0 Å². The van der Waals surface area contributed by atoms with Gasteiger partial charge in [0, 0.05) is 6.61 Å². The second kappa shape index (κ2) is 4.94. The van der Waals surface area contributed by atoms with E-state index < -0.39 is 0 Å². The van der Waals surface area contributed by atoms with E-state index in [9.17, 15) is 4.79 Å². The largest absolute Gasteiger partial charge is 0.457 e. The zero-order chi connectivity index (χ0) is 11.7. The molecular formula is C13H20O4. The SMILES string of the molecule is O=C(OC1COC2CCOC21)C1CCCCC1. The predicted octanol–water partition coefficient (Wildman–Crippen LogP) is 1.67. The van der Waals surface area contributed by atoms with Gasteiger partial charge in [0.1, 0.15) is 6.10 Å². The van der Waals surface area contributed by atoms with E-state index in [1.54, 1.807) is 0 Å². The van der Waals surface area contributed by atoms with E-state index in [4.69, 9.17) is 14.2 Å². The number of carbonyl (C=O) groups excluding carboxylic acids is 1. The first-order valence-corrected chi connectivity index (χ1v) is 6.78. The lowest BCUT2D eigenvalue weighted by Gasteiger charge is -2.23. The van der Waals surface area contributed by atoms with Gasteiger partial charge in [0.15, 0.2) is 6.10 Å². The summed E-state index contributed by atoms with van der Waals surface area (Å²) in [5, 5.41) is 0. The Kier molecular flexibility index (Phi) is 3.34. The van der Waals surface area contributed by atoms with Crippen LogP contribution >= 0.6 is 0 Å². The zero-order valence-electron chi connectivity index (χ0n) is 10.1. The summed E-state index contributed by atoms with van der Waals surface area (Å²) in [7, 11) is 0. The molecule has 3 aliphatic rings. The first-order valence-electron chi connectivity index (χ1n) is 6.78. The van der Waals surface area contributed by atoms with Crippen molar-refractivity contribution < 1.29 is 19.0 Å². The van der Waals surface area contributed by atoms with Crippen molar-refractivity contribution in [2.24, 2.45) is 5.92 Å². The summed E-state index contributed by atoms with van der Waals surface area (Å²) in [6.07, 6.45) is 6.45. The Balaban J connectivity index is 1.54. The third kappa shape index (κ3) is 2.33. The van der Waals surface area contributed by atoms with Crippen molar-refractivity contribution in [1.29, 1.82) is 0 Å². The first-order chi connectivity index (χ1) is 8.34. The van der Waals surface area contributed by atoms with Gasteiger partial charge in [-0.15, -0.1) is 0 Å². The van der Waals surface area contributed by atoms with Gasteiger partial charge in [-0.1, -0.05) is 19.3 Å². The molecule has 0 amide bonds.